The SMILES string of the molecule is CC(C)OCCCNC(=O)CCc1c(-c2ccc(F)cc2)[nH]c2ccccc12. The summed E-state index contributed by atoms with van der Waals surface area (Å²) < 4.78 is 18.8. The average Bonchev–Trinajstić information content (AvgIpc) is 3.05. The number of carbonyl (C=O) groups is 1. The normalized spacial score (nSPS) is 11.3. The molecule has 0 aliphatic carbocycles. The van der Waals surface area contributed by atoms with Crippen LogP contribution in [-0.4, -0.2) is 30.1 Å². The molecule has 0 bridgehead atoms. The van der Waals surface area contributed by atoms with Crippen LogP contribution in [0.5, 0.6) is 0 Å². The topological polar surface area (TPSA) is 54.1 Å². The molecule has 0 fully saturated rings. The Bertz CT molecular complexity index is 916. The number of hydrogen-bond acceptors (Lipinski definition) is 2. The minimum Gasteiger partial charge on any atom is -0.379 e. The first-order valence-electron chi connectivity index (χ1n) is 9.78. The van der Waals surface area contributed by atoms with E-state index in [0.717, 1.165) is 34.1 Å². The molecule has 0 saturated carbocycles. The highest BCUT2D eigenvalue weighted by Crippen LogP contribution is 2.31. The fourth-order valence-electron chi connectivity index (χ4n) is 3.27. The summed E-state index contributed by atoms with van der Waals surface area (Å²) in [7, 11) is 0. The van der Waals surface area contributed by atoms with Gasteiger partial charge in [0.05, 0.1) is 6.10 Å². The number of amides is 1. The molecule has 3 aromatic rings. The van der Waals surface area contributed by atoms with Gasteiger partial charge >= 0.3 is 0 Å². The van der Waals surface area contributed by atoms with Gasteiger partial charge in [0.25, 0.3) is 0 Å². The molecular weight excluding hydrogens is 355 g/mol. The number of para-hydroxylation sites is 1. The van der Waals surface area contributed by atoms with Crippen LogP contribution in [0.15, 0.2) is 48.5 Å². The number of nitrogens with one attached hydrogen (secondary N) is 2. The summed E-state index contributed by atoms with van der Waals surface area (Å²) in [5.74, 6) is -0.234. The van der Waals surface area contributed by atoms with Gasteiger partial charge in [0.2, 0.25) is 5.91 Å². The molecule has 28 heavy (non-hydrogen) atoms. The first kappa shape index (κ1) is 20.1. The van der Waals surface area contributed by atoms with Gasteiger partial charge in [-0.25, -0.2) is 4.39 Å². The lowest BCUT2D eigenvalue weighted by molar-refractivity contribution is -0.121. The highest BCUT2D eigenvalue weighted by molar-refractivity contribution is 5.91. The van der Waals surface area contributed by atoms with Crippen molar-refractivity contribution in [3.8, 4) is 11.3 Å². The zero-order valence-corrected chi connectivity index (χ0v) is 16.4. The van der Waals surface area contributed by atoms with Crippen LogP contribution in [0.4, 0.5) is 4.39 Å². The van der Waals surface area contributed by atoms with E-state index in [2.05, 4.69) is 16.4 Å². The maximum absolute atomic E-state index is 13.3. The number of rotatable bonds is 9. The molecule has 0 unspecified atom stereocenters. The molecule has 4 nitrogen and oxygen atoms in total. The van der Waals surface area contributed by atoms with Crippen molar-refractivity contribution in [2.45, 2.75) is 39.2 Å². The van der Waals surface area contributed by atoms with Crippen LogP contribution in [0, 0.1) is 5.82 Å². The first-order chi connectivity index (χ1) is 13.5. The van der Waals surface area contributed by atoms with Crippen LogP contribution in [0.25, 0.3) is 22.2 Å². The second-order valence-corrected chi connectivity index (χ2v) is 7.15. The molecule has 1 amide bonds. The van der Waals surface area contributed by atoms with Gasteiger partial charge in [0.1, 0.15) is 5.82 Å². The van der Waals surface area contributed by atoms with Crippen LogP contribution < -0.4 is 5.32 Å². The number of aromatic amines is 1. The van der Waals surface area contributed by atoms with Gasteiger partial charge in [0.15, 0.2) is 0 Å². The number of benzene rings is 2. The van der Waals surface area contributed by atoms with Crippen molar-refractivity contribution in [2.75, 3.05) is 13.2 Å². The lowest BCUT2D eigenvalue weighted by Gasteiger charge is -2.09. The Morgan fingerprint density at radius 1 is 1.14 bits per heavy atom. The minimum atomic E-state index is -0.262. The van der Waals surface area contributed by atoms with Crippen molar-refractivity contribution in [1.82, 2.24) is 10.3 Å². The first-order valence-corrected chi connectivity index (χ1v) is 9.78. The van der Waals surface area contributed by atoms with Crippen LogP contribution in [0.2, 0.25) is 0 Å². The van der Waals surface area contributed by atoms with Crippen molar-refractivity contribution in [3.63, 3.8) is 0 Å². The number of aromatic nitrogens is 1. The molecule has 0 aliphatic rings. The average molecular weight is 382 g/mol. The number of hydrogen-bond donors (Lipinski definition) is 2. The number of aryl methyl sites for hydroxylation is 1. The smallest absolute Gasteiger partial charge is 0.220 e. The third-order valence-electron chi connectivity index (χ3n) is 4.64. The number of carbonyl (C=O) groups excluding carboxylic acids is 1. The quantitative estimate of drug-likeness (QED) is 0.521. The summed E-state index contributed by atoms with van der Waals surface area (Å²) in [6.07, 6.45) is 2.03. The van der Waals surface area contributed by atoms with Crippen molar-refractivity contribution in [3.05, 3.63) is 59.9 Å². The summed E-state index contributed by atoms with van der Waals surface area (Å²) >= 11 is 0. The van der Waals surface area contributed by atoms with E-state index in [4.69, 9.17) is 4.74 Å². The molecule has 1 aromatic heterocycles. The summed E-state index contributed by atoms with van der Waals surface area (Å²) in [5, 5.41) is 4.05. The van der Waals surface area contributed by atoms with Gasteiger partial charge in [-0.15, -0.1) is 0 Å². The van der Waals surface area contributed by atoms with E-state index in [0.29, 0.717) is 26.0 Å². The lowest BCUT2D eigenvalue weighted by Crippen LogP contribution is -2.25. The largest absolute Gasteiger partial charge is 0.379 e. The van der Waals surface area contributed by atoms with Crippen LogP contribution >= 0.6 is 0 Å². The zero-order valence-electron chi connectivity index (χ0n) is 16.4. The molecular formula is C23H27FN2O2. The van der Waals surface area contributed by atoms with Crippen molar-refractivity contribution in [1.29, 1.82) is 0 Å². The third-order valence-corrected chi connectivity index (χ3v) is 4.64. The Hall–Kier alpha value is -2.66. The maximum atomic E-state index is 13.3. The van der Waals surface area contributed by atoms with Crippen molar-refractivity contribution in [2.24, 2.45) is 0 Å². The highest BCUT2D eigenvalue weighted by atomic mass is 19.1. The van der Waals surface area contributed by atoms with E-state index in [1.54, 1.807) is 12.1 Å². The predicted molar refractivity (Wildman–Crippen MR) is 111 cm³/mol. The summed E-state index contributed by atoms with van der Waals surface area (Å²) in [4.78, 5) is 15.7. The van der Waals surface area contributed by atoms with E-state index in [-0.39, 0.29) is 17.8 Å². The van der Waals surface area contributed by atoms with Crippen LogP contribution in [0.3, 0.4) is 0 Å². The predicted octanol–water partition coefficient (Wildman–Crippen LogP) is 4.84. The molecule has 2 N–H and O–H groups in total. The second kappa shape index (κ2) is 9.51. The summed E-state index contributed by atoms with van der Waals surface area (Å²) in [6, 6.07) is 14.5. The minimum absolute atomic E-state index is 0.0277. The highest BCUT2D eigenvalue weighted by Gasteiger charge is 2.14. The number of halogens is 1. The standard InChI is InChI=1S/C23H27FN2O2/c1-16(2)28-15-5-14-25-22(27)13-12-20-19-6-3-4-7-21(19)26-23(20)17-8-10-18(24)11-9-17/h3-4,6-11,16,26H,5,12-15H2,1-2H3,(H,25,27). The fourth-order valence-corrected chi connectivity index (χ4v) is 3.27. The molecule has 0 saturated heterocycles. The number of H-pyrrole nitrogens is 1. The maximum Gasteiger partial charge on any atom is 0.220 e. The Kier molecular flexibility index (Phi) is 6.82. The lowest BCUT2D eigenvalue weighted by atomic mass is 10.0. The van der Waals surface area contributed by atoms with Crippen LogP contribution in [0.1, 0.15) is 32.3 Å². The Balaban J connectivity index is 1.67. The van der Waals surface area contributed by atoms with E-state index < -0.39 is 0 Å². The van der Waals surface area contributed by atoms with Gasteiger partial charge in [-0.3, -0.25) is 4.79 Å². The molecule has 148 valence electrons. The van der Waals surface area contributed by atoms with Gasteiger partial charge in [-0.1, -0.05) is 18.2 Å². The zero-order chi connectivity index (χ0) is 19.9. The van der Waals surface area contributed by atoms with E-state index in [1.807, 2.05) is 32.0 Å². The second-order valence-electron chi connectivity index (χ2n) is 7.15. The molecule has 0 spiro atoms. The van der Waals surface area contributed by atoms with Gasteiger partial charge in [-0.2, -0.15) is 0 Å². The molecule has 3 rings (SSSR count). The molecule has 2 aromatic carbocycles. The fraction of sp³-hybridized carbons (Fsp3) is 0.348. The van der Waals surface area contributed by atoms with E-state index in [1.165, 1.54) is 12.1 Å². The summed E-state index contributed by atoms with van der Waals surface area (Å²) in [6.45, 7) is 5.26. The van der Waals surface area contributed by atoms with Gasteiger partial charge in [-0.05, 0) is 68.1 Å². The van der Waals surface area contributed by atoms with E-state index >= 15 is 0 Å². The Labute approximate surface area is 165 Å². The summed E-state index contributed by atoms with van der Waals surface area (Å²) in [5.41, 5.74) is 3.96. The van der Waals surface area contributed by atoms with Crippen molar-refractivity contribution < 1.29 is 13.9 Å². The number of fused-ring (bicyclic) bond motifs is 1. The van der Waals surface area contributed by atoms with Gasteiger partial charge < -0.3 is 15.0 Å². The monoisotopic (exact) mass is 382 g/mol. The third kappa shape index (κ3) is 5.20. The molecule has 0 aliphatic heterocycles. The molecule has 1 heterocycles. The number of ether oxygens (including phenoxy) is 1. The molecule has 0 radical (unpaired) electrons. The molecule has 5 heteroatoms. The van der Waals surface area contributed by atoms with E-state index in [9.17, 15) is 9.18 Å². The Morgan fingerprint density at radius 2 is 1.89 bits per heavy atom. The molecule has 0 atom stereocenters. The van der Waals surface area contributed by atoms with Gasteiger partial charge in [0, 0.05) is 36.2 Å². The van der Waals surface area contributed by atoms with Crippen molar-refractivity contribution >= 4 is 16.8 Å². The Morgan fingerprint density at radius 3 is 2.64 bits per heavy atom. The van der Waals surface area contributed by atoms with Crippen LogP contribution in [-0.2, 0) is 16.0 Å².